The van der Waals surface area contributed by atoms with Crippen molar-refractivity contribution in [3.05, 3.63) is 29.8 Å². The second-order valence-electron chi connectivity index (χ2n) is 4.77. The van der Waals surface area contributed by atoms with Gasteiger partial charge in [-0.1, -0.05) is 18.2 Å². The summed E-state index contributed by atoms with van der Waals surface area (Å²) in [5.41, 5.74) is 0.753. The van der Waals surface area contributed by atoms with Crippen molar-refractivity contribution in [3.63, 3.8) is 0 Å². The molecule has 1 aliphatic rings. The van der Waals surface area contributed by atoms with Crippen LogP contribution >= 0.6 is 0 Å². The molecule has 1 heterocycles. The summed E-state index contributed by atoms with van der Waals surface area (Å²) in [6.45, 7) is 2.15. The number of ether oxygens (including phenoxy) is 3. The number of rotatable bonds is 4. The van der Waals surface area contributed by atoms with Crippen LogP contribution in [0.2, 0.25) is 0 Å². The molecular formula is C14H18O5. The first-order valence-electron chi connectivity index (χ1n) is 6.18. The molecule has 1 saturated heterocycles. The van der Waals surface area contributed by atoms with Crippen molar-refractivity contribution in [1.29, 1.82) is 0 Å². The topological polar surface area (TPSA) is 65.0 Å². The van der Waals surface area contributed by atoms with Gasteiger partial charge in [0.05, 0.1) is 26.2 Å². The molecule has 5 heteroatoms. The first-order chi connectivity index (χ1) is 9.02. The molecule has 0 aliphatic carbocycles. The molecule has 0 saturated carbocycles. The first kappa shape index (κ1) is 13.8. The van der Waals surface area contributed by atoms with Gasteiger partial charge in [0.1, 0.15) is 5.75 Å². The molecule has 0 spiro atoms. The Morgan fingerprint density at radius 3 is 2.95 bits per heavy atom. The van der Waals surface area contributed by atoms with Crippen LogP contribution in [0, 0.1) is 0 Å². The lowest BCUT2D eigenvalue weighted by molar-refractivity contribution is -0.159. The second-order valence-corrected chi connectivity index (χ2v) is 4.77. The van der Waals surface area contributed by atoms with E-state index in [-0.39, 0.29) is 24.2 Å². The largest absolute Gasteiger partial charge is 0.508 e. The third-order valence-electron chi connectivity index (χ3n) is 3.12. The summed E-state index contributed by atoms with van der Waals surface area (Å²) >= 11 is 0. The molecule has 0 bridgehead atoms. The van der Waals surface area contributed by atoms with Gasteiger partial charge >= 0.3 is 5.97 Å². The number of carbonyl (C=O) groups is 1. The fourth-order valence-corrected chi connectivity index (χ4v) is 2.16. The van der Waals surface area contributed by atoms with E-state index in [0.717, 1.165) is 5.56 Å². The quantitative estimate of drug-likeness (QED) is 0.839. The number of methoxy groups -OCH3 is 1. The van der Waals surface area contributed by atoms with E-state index in [1.807, 2.05) is 12.1 Å². The van der Waals surface area contributed by atoms with Crippen molar-refractivity contribution < 1.29 is 24.1 Å². The number of hydrogen-bond donors (Lipinski definition) is 1. The van der Waals surface area contributed by atoms with Crippen LogP contribution in [0.4, 0.5) is 0 Å². The number of esters is 1. The lowest BCUT2D eigenvalue weighted by atomic mass is 10.1. The van der Waals surface area contributed by atoms with E-state index in [1.54, 1.807) is 19.1 Å². The van der Waals surface area contributed by atoms with E-state index in [9.17, 15) is 9.90 Å². The fraction of sp³-hybridized carbons (Fsp3) is 0.500. The highest BCUT2D eigenvalue weighted by Gasteiger charge is 2.38. The lowest BCUT2D eigenvalue weighted by Crippen LogP contribution is -2.30. The van der Waals surface area contributed by atoms with E-state index in [0.29, 0.717) is 13.0 Å². The molecule has 2 atom stereocenters. The summed E-state index contributed by atoms with van der Waals surface area (Å²) < 4.78 is 16.0. The number of hydrogen-bond acceptors (Lipinski definition) is 5. The van der Waals surface area contributed by atoms with Crippen LogP contribution in [-0.4, -0.2) is 36.7 Å². The Bertz CT molecular complexity index is 459. The van der Waals surface area contributed by atoms with Crippen molar-refractivity contribution in [3.8, 4) is 5.75 Å². The van der Waals surface area contributed by atoms with Gasteiger partial charge in [-0.2, -0.15) is 0 Å². The van der Waals surface area contributed by atoms with Crippen LogP contribution in [0.25, 0.3) is 0 Å². The molecule has 1 N–H and O–H groups in total. The predicted octanol–water partition coefficient (Wildman–Crippen LogP) is 1.63. The smallest absolute Gasteiger partial charge is 0.308 e. The highest BCUT2D eigenvalue weighted by molar-refractivity contribution is 5.69. The van der Waals surface area contributed by atoms with Gasteiger partial charge in [0, 0.05) is 6.42 Å². The molecule has 5 nitrogen and oxygen atoms in total. The zero-order valence-corrected chi connectivity index (χ0v) is 11.1. The molecule has 1 aromatic carbocycles. The molecule has 0 amide bonds. The highest BCUT2D eigenvalue weighted by atomic mass is 16.7. The van der Waals surface area contributed by atoms with Crippen LogP contribution in [0.15, 0.2) is 24.3 Å². The molecule has 2 unspecified atom stereocenters. The number of phenols is 1. The van der Waals surface area contributed by atoms with Crippen LogP contribution in [0.1, 0.15) is 18.9 Å². The predicted molar refractivity (Wildman–Crippen MR) is 67.7 cm³/mol. The van der Waals surface area contributed by atoms with Crippen molar-refractivity contribution in [1.82, 2.24) is 0 Å². The summed E-state index contributed by atoms with van der Waals surface area (Å²) in [5.74, 6) is -0.926. The molecular weight excluding hydrogens is 248 g/mol. The molecule has 19 heavy (non-hydrogen) atoms. The summed E-state index contributed by atoms with van der Waals surface area (Å²) in [6, 6.07) is 7.05. The maximum absolute atomic E-state index is 11.2. The minimum Gasteiger partial charge on any atom is -0.508 e. The van der Waals surface area contributed by atoms with Gasteiger partial charge < -0.3 is 19.3 Å². The average Bonchev–Trinajstić information content (AvgIpc) is 2.73. The molecule has 1 fully saturated rings. The Morgan fingerprint density at radius 1 is 1.53 bits per heavy atom. The van der Waals surface area contributed by atoms with Gasteiger partial charge in [-0.05, 0) is 18.6 Å². The van der Waals surface area contributed by atoms with Crippen LogP contribution in [-0.2, 0) is 25.4 Å². The molecule has 104 valence electrons. The maximum Gasteiger partial charge on any atom is 0.308 e. The summed E-state index contributed by atoms with van der Waals surface area (Å²) in [4.78, 5) is 11.2. The van der Waals surface area contributed by atoms with E-state index in [4.69, 9.17) is 9.47 Å². The third kappa shape index (κ3) is 3.45. The summed E-state index contributed by atoms with van der Waals surface area (Å²) in [6.07, 6.45) is 0.299. The van der Waals surface area contributed by atoms with Gasteiger partial charge in [0.2, 0.25) is 0 Å². The van der Waals surface area contributed by atoms with E-state index >= 15 is 0 Å². The SMILES string of the molecule is COC(=O)CC1COC(C)(Cc2ccccc2O)O1. The minimum atomic E-state index is -0.822. The van der Waals surface area contributed by atoms with Crippen molar-refractivity contribution >= 4 is 5.97 Å². The van der Waals surface area contributed by atoms with Crippen LogP contribution in [0.3, 0.4) is 0 Å². The fourth-order valence-electron chi connectivity index (χ4n) is 2.16. The van der Waals surface area contributed by atoms with Crippen molar-refractivity contribution in [2.24, 2.45) is 0 Å². The molecule has 0 aromatic heterocycles. The zero-order chi connectivity index (χ0) is 13.9. The molecule has 1 aliphatic heterocycles. The van der Waals surface area contributed by atoms with Gasteiger partial charge in [-0.3, -0.25) is 4.79 Å². The Labute approximate surface area is 112 Å². The van der Waals surface area contributed by atoms with E-state index < -0.39 is 5.79 Å². The van der Waals surface area contributed by atoms with Gasteiger partial charge in [-0.15, -0.1) is 0 Å². The first-order valence-corrected chi connectivity index (χ1v) is 6.18. The molecule has 0 radical (unpaired) electrons. The number of aromatic hydroxyl groups is 1. The van der Waals surface area contributed by atoms with Gasteiger partial charge in [0.15, 0.2) is 5.79 Å². The number of phenolic OH excluding ortho intramolecular Hbond substituents is 1. The Balaban J connectivity index is 1.98. The summed E-state index contributed by atoms with van der Waals surface area (Å²) in [5, 5.41) is 9.75. The molecule has 1 aromatic rings. The number of para-hydroxylation sites is 1. The van der Waals surface area contributed by atoms with Gasteiger partial charge in [-0.25, -0.2) is 0 Å². The van der Waals surface area contributed by atoms with Crippen LogP contribution < -0.4 is 0 Å². The minimum absolute atomic E-state index is 0.173. The Hall–Kier alpha value is -1.59. The zero-order valence-electron chi connectivity index (χ0n) is 11.1. The van der Waals surface area contributed by atoms with E-state index in [2.05, 4.69) is 4.74 Å². The summed E-state index contributed by atoms with van der Waals surface area (Å²) in [7, 11) is 1.35. The number of carbonyl (C=O) groups excluding carboxylic acids is 1. The normalized spacial score (nSPS) is 26.3. The van der Waals surface area contributed by atoms with Crippen molar-refractivity contribution in [2.45, 2.75) is 31.7 Å². The van der Waals surface area contributed by atoms with Crippen molar-refractivity contribution in [2.75, 3.05) is 13.7 Å². The average molecular weight is 266 g/mol. The molecule has 2 rings (SSSR count). The van der Waals surface area contributed by atoms with Crippen LogP contribution in [0.5, 0.6) is 5.75 Å². The Morgan fingerprint density at radius 2 is 2.26 bits per heavy atom. The monoisotopic (exact) mass is 266 g/mol. The third-order valence-corrected chi connectivity index (χ3v) is 3.12. The standard InChI is InChI=1S/C14H18O5/c1-14(8-10-5-3-4-6-12(10)15)18-9-11(19-14)7-13(16)17-2/h3-6,11,15H,7-9H2,1-2H3. The van der Waals surface area contributed by atoms with Gasteiger partial charge in [0.25, 0.3) is 0 Å². The maximum atomic E-state index is 11.2. The Kier molecular flexibility index (Phi) is 4.07. The highest BCUT2D eigenvalue weighted by Crippen LogP contribution is 2.31. The van der Waals surface area contributed by atoms with E-state index in [1.165, 1.54) is 7.11 Å². The lowest BCUT2D eigenvalue weighted by Gasteiger charge is -2.23. The number of benzene rings is 1. The second kappa shape index (κ2) is 5.59.